The minimum absolute atomic E-state index is 0.0177. The number of halogens is 2. The summed E-state index contributed by atoms with van der Waals surface area (Å²) < 4.78 is 0. The first-order valence-corrected chi connectivity index (χ1v) is 7.32. The van der Waals surface area contributed by atoms with E-state index in [0.29, 0.717) is 10.6 Å². The summed E-state index contributed by atoms with van der Waals surface area (Å²) in [5.41, 5.74) is 7.28. The summed E-state index contributed by atoms with van der Waals surface area (Å²) in [5, 5.41) is 8.90. The molecule has 0 unspecified atom stereocenters. The molecule has 0 atom stereocenters. The van der Waals surface area contributed by atoms with Crippen LogP contribution in [0.1, 0.15) is 11.1 Å². The Bertz CT molecular complexity index is 614. The number of rotatable bonds is 4. The van der Waals surface area contributed by atoms with Crippen molar-refractivity contribution in [3.8, 4) is 0 Å². The maximum Gasteiger partial charge on any atom is 0.123 e. The molecule has 19 heavy (non-hydrogen) atoms. The van der Waals surface area contributed by atoms with Crippen LogP contribution in [0.3, 0.4) is 0 Å². The summed E-state index contributed by atoms with van der Waals surface area (Å²) in [5.74, 6) is 0.742. The molecule has 0 spiro atoms. The number of benzene rings is 2. The highest BCUT2D eigenvalue weighted by molar-refractivity contribution is 7.98. The van der Waals surface area contributed by atoms with Gasteiger partial charge in [-0.3, -0.25) is 5.41 Å². The Kier molecular flexibility index (Phi) is 4.75. The minimum Gasteiger partial charge on any atom is -0.384 e. The topological polar surface area (TPSA) is 49.9 Å². The van der Waals surface area contributed by atoms with Gasteiger partial charge in [0, 0.05) is 26.3 Å². The third kappa shape index (κ3) is 3.66. The molecule has 98 valence electrons. The van der Waals surface area contributed by atoms with Crippen molar-refractivity contribution in [2.75, 3.05) is 0 Å². The molecular formula is C14H12Cl2N2S. The zero-order valence-corrected chi connectivity index (χ0v) is 12.3. The van der Waals surface area contributed by atoms with Crippen molar-refractivity contribution >= 4 is 40.8 Å². The second-order valence-electron chi connectivity index (χ2n) is 3.93. The normalized spacial score (nSPS) is 10.4. The van der Waals surface area contributed by atoms with E-state index in [0.717, 1.165) is 21.2 Å². The van der Waals surface area contributed by atoms with Crippen molar-refractivity contribution in [1.82, 2.24) is 0 Å². The Labute approximate surface area is 126 Å². The van der Waals surface area contributed by atoms with Crippen LogP contribution in [-0.2, 0) is 5.75 Å². The number of hydrogen-bond acceptors (Lipinski definition) is 2. The van der Waals surface area contributed by atoms with Crippen molar-refractivity contribution in [3.05, 3.63) is 63.6 Å². The molecule has 0 aliphatic carbocycles. The van der Waals surface area contributed by atoms with Gasteiger partial charge in [0.2, 0.25) is 0 Å². The predicted molar refractivity (Wildman–Crippen MR) is 83.5 cm³/mol. The highest BCUT2D eigenvalue weighted by Gasteiger charge is 2.08. The van der Waals surface area contributed by atoms with Crippen LogP contribution in [0, 0.1) is 5.41 Å². The van der Waals surface area contributed by atoms with Crippen molar-refractivity contribution in [2.45, 2.75) is 10.6 Å². The molecule has 2 nitrogen and oxygen atoms in total. The van der Waals surface area contributed by atoms with E-state index in [2.05, 4.69) is 0 Å². The Morgan fingerprint density at radius 3 is 2.58 bits per heavy atom. The van der Waals surface area contributed by atoms with Gasteiger partial charge in [-0.1, -0.05) is 41.4 Å². The quantitative estimate of drug-likeness (QED) is 0.494. The molecule has 0 aromatic heterocycles. The Morgan fingerprint density at radius 1 is 1.16 bits per heavy atom. The number of nitrogens with two attached hydrogens (primary N) is 1. The molecule has 0 aliphatic heterocycles. The first kappa shape index (κ1) is 14.3. The summed E-state index contributed by atoms with van der Waals surface area (Å²) in [4.78, 5) is 0.928. The molecule has 0 heterocycles. The highest BCUT2D eigenvalue weighted by atomic mass is 35.5. The molecule has 2 aromatic rings. The lowest BCUT2D eigenvalue weighted by Gasteiger charge is -2.09. The van der Waals surface area contributed by atoms with Crippen LogP contribution in [0.2, 0.25) is 10.0 Å². The second kappa shape index (κ2) is 6.33. The molecule has 5 heteroatoms. The zero-order chi connectivity index (χ0) is 13.8. The monoisotopic (exact) mass is 310 g/mol. The Morgan fingerprint density at radius 2 is 1.89 bits per heavy atom. The number of nitrogen functional groups attached to an aromatic ring is 1. The molecule has 0 aliphatic rings. The zero-order valence-electron chi connectivity index (χ0n) is 9.99. The Hall–Kier alpha value is -1.16. The van der Waals surface area contributed by atoms with Crippen LogP contribution in [0.15, 0.2) is 47.4 Å². The number of thioether (sulfide) groups is 1. The van der Waals surface area contributed by atoms with Gasteiger partial charge in [-0.2, -0.15) is 0 Å². The maximum absolute atomic E-state index is 7.58. The molecule has 0 amide bonds. The largest absolute Gasteiger partial charge is 0.384 e. The maximum atomic E-state index is 7.58. The van der Waals surface area contributed by atoms with Crippen LogP contribution >= 0.6 is 35.0 Å². The van der Waals surface area contributed by atoms with E-state index in [9.17, 15) is 0 Å². The van der Waals surface area contributed by atoms with Gasteiger partial charge in [-0.25, -0.2) is 0 Å². The number of amidine groups is 1. The van der Waals surface area contributed by atoms with Gasteiger partial charge in [0.15, 0.2) is 0 Å². The summed E-state index contributed by atoms with van der Waals surface area (Å²) in [6.07, 6.45) is 0. The smallest absolute Gasteiger partial charge is 0.123 e. The summed E-state index contributed by atoms with van der Waals surface area (Å²) in [6.45, 7) is 0. The molecule has 0 fully saturated rings. The molecule has 0 saturated heterocycles. The van der Waals surface area contributed by atoms with Crippen molar-refractivity contribution in [3.63, 3.8) is 0 Å². The fourth-order valence-electron chi connectivity index (χ4n) is 1.61. The van der Waals surface area contributed by atoms with E-state index in [1.807, 2.05) is 30.3 Å². The van der Waals surface area contributed by atoms with Gasteiger partial charge in [0.05, 0.1) is 0 Å². The van der Waals surface area contributed by atoms with Crippen LogP contribution in [0.4, 0.5) is 0 Å². The highest BCUT2D eigenvalue weighted by Crippen LogP contribution is 2.30. The van der Waals surface area contributed by atoms with Gasteiger partial charge < -0.3 is 5.73 Å². The molecule has 0 bridgehead atoms. The van der Waals surface area contributed by atoms with Crippen LogP contribution in [-0.4, -0.2) is 5.84 Å². The SMILES string of the molecule is N=C(N)c1cc(Cl)ccc1SCc1ccccc1Cl. The average molecular weight is 311 g/mol. The molecule has 2 aromatic carbocycles. The fraction of sp³-hybridized carbons (Fsp3) is 0.0714. The van der Waals surface area contributed by atoms with Gasteiger partial charge in [-0.05, 0) is 29.8 Å². The molecule has 2 rings (SSSR count). The fourth-order valence-corrected chi connectivity index (χ4v) is 3.11. The second-order valence-corrected chi connectivity index (χ2v) is 5.80. The van der Waals surface area contributed by atoms with Gasteiger partial charge in [-0.15, -0.1) is 11.8 Å². The van der Waals surface area contributed by atoms with Crippen LogP contribution < -0.4 is 5.73 Å². The van der Waals surface area contributed by atoms with E-state index >= 15 is 0 Å². The number of hydrogen-bond donors (Lipinski definition) is 2. The first-order chi connectivity index (χ1) is 9.08. The average Bonchev–Trinajstić information content (AvgIpc) is 2.38. The van der Waals surface area contributed by atoms with Crippen LogP contribution in [0.25, 0.3) is 0 Å². The van der Waals surface area contributed by atoms with E-state index in [-0.39, 0.29) is 5.84 Å². The van der Waals surface area contributed by atoms with E-state index < -0.39 is 0 Å². The molecule has 3 N–H and O–H groups in total. The van der Waals surface area contributed by atoms with Crippen LogP contribution in [0.5, 0.6) is 0 Å². The standard InChI is InChI=1S/C14H12Cl2N2S/c15-10-5-6-13(11(7-10)14(17)18)19-8-9-3-1-2-4-12(9)16/h1-7H,8H2,(H3,17,18). The van der Waals surface area contributed by atoms with Gasteiger partial charge in [0.1, 0.15) is 5.84 Å². The van der Waals surface area contributed by atoms with Crippen molar-refractivity contribution < 1.29 is 0 Å². The number of nitrogens with one attached hydrogen (secondary N) is 1. The molecular weight excluding hydrogens is 299 g/mol. The van der Waals surface area contributed by atoms with Crippen molar-refractivity contribution in [2.24, 2.45) is 5.73 Å². The summed E-state index contributed by atoms with van der Waals surface area (Å²) >= 11 is 13.6. The third-order valence-corrected chi connectivity index (χ3v) is 4.30. The van der Waals surface area contributed by atoms with E-state index in [1.165, 1.54) is 0 Å². The minimum atomic E-state index is 0.0177. The van der Waals surface area contributed by atoms with E-state index in [4.69, 9.17) is 34.3 Å². The summed E-state index contributed by atoms with van der Waals surface area (Å²) in [6, 6.07) is 13.1. The molecule has 0 saturated carbocycles. The van der Waals surface area contributed by atoms with Crippen molar-refractivity contribution in [1.29, 1.82) is 5.41 Å². The predicted octanol–water partition coefficient (Wildman–Crippen LogP) is 4.57. The lowest BCUT2D eigenvalue weighted by molar-refractivity contribution is 1.32. The Balaban J connectivity index is 2.20. The lowest BCUT2D eigenvalue weighted by Crippen LogP contribution is -2.12. The lowest BCUT2D eigenvalue weighted by atomic mass is 10.2. The van der Waals surface area contributed by atoms with Gasteiger partial charge >= 0.3 is 0 Å². The molecule has 0 radical (unpaired) electrons. The third-order valence-electron chi connectivity index (χ3n) is 2.57. The summed E-state index contributed by atoms with van der Waals surface area (Å²) in [7, 11) is 0. The van der Waals surface area contributed by atoms with Gasteiger partial charge in [0.25, 0.3) is 0 Å². The first-order valence-electron chi connectivity index (χ1n) is 5.58. The van der Waals surface area contributed by atoms with E-state index in [1.54, 1.807) is 23.9 Å².